The van der Waals surface area contributed by atoms with Gasteiger partial charge in [0.2, 0.25) is 0 Å². The van der Waals surface area contributed by atoms with E-state index in [1.54, 1.807) is 18.4 Å². The van der Waals surface area contributed by atoms with Crippen molar-refractivity contribution < 1.29 is 4.74 Å². The lowest BCUT2D eigenvalue weighted by Gasteiger charge is -2.26. The molecule has 1 aromatic rings. The Morgan fingerprint density at radius 2 is 2.26 bits per heavy atom. The third-order valence-electron chi connectivity index (χ3n) is 3.07. The van der Waals surface area contributed by atoms with Gasteiger partial charge in [0, 0.05) is 37.4 Å². The average Bonchev–Trinajstić information content (AvgIpc) is 2.79. The van der Waals surface area contributed by atoms with Crippen LogP contribution < -0.4 is 10.2 Å². The summed E-state index contributed by atoms with van der Waals surface area (Å²) in [5.41, 5.74) is 1.06. The number of hydrogen-bond acceptors (Lipinski definition) is 6. The van der Waals surface area contributed by atoms with Gasteiger partial charge < -0.3 is 15.0 Å². The molecule has 0 radical (unpaired) electrons. The summed E-state index contributed by atoms with van der Waals surface area (Å²) >= 11 is 3.65. The molecule has 0 aliphatic rings. The van der Waals surface area contributed by atoms with Crippen LogP contribution in [0.3, 0.4) is 0 Å². The van der Waals surface area contributed by atoms with E-state index >= 15 is 0 Å². The highest BCUT2D eigenvalue weighted by molar-refractivity contribution is 7.98. The number of rotatable bonds is 9. The van der Waals surface area contributed by atoms with Gasteiger partial charge in [-0.05, 0) is 19.7 Å². The van der Waals surface area contributed by atoms with Gasteiger partial charge in [-0.15, -0.1) is 11.3 Å². The molecule has 110 valence electrons. The maximum absolute atomic E-state index is 5.24. The molecule has 1 atom stereocenters. The number of aromatic nitrogens is 1. The molecule has 0 spiro atoms. The predicted octanol–water partition coefficient (Wildman–Crippen LogP) is 2.59. The Morgan fingerprint density at radius 3 is 2.79 bits per heavy atom. The van der Waals surface area contributed by atoms with Crippen LogP contribution in [-0.4, -0.2) is 44.2 Å². The lowest BCUT2D eigenvalue weighted by atomic mass is 10.2. The Morgan fingerprint density at radius 1 is 1.53 bits per heavy atom. The van der Waals surface area contributed by atoms with Gasteiger partial charge in [0.15, 0.2) is 5.13 Å². The highest BCUT2D eigenvalue weighted by Gasteiger charge is 2.18. The van der Waals surface area contributed by atoms with Gasteiger partial charge in [-0.2, -0.15) is 11.8 Å². The molecule has 0 aliphatic heterocycles. The van der Waals surface area contributed by atoms with Gasteiger partial charge in [-0.3, -0.25) is 0 Å². The highest BCUT2D eigenvalue weighted by atomic mass is 32.2. The predicted molar refractivity (Wildman–Crippen MR) is 86.5 cm³/mol. The summed E-state index contributed by atoms with van der Waals surface area (Å²) in [5, 5.41) is 4.29. The fourth-order valence-corrected chi connectivity index (χ4v) is 3.87. The summed E-state index contributed by atoms with van der Waals surface area (Å²) in [7, 11) is 5.82. The number of thiazole rings is 1. The van der Waals surface area contributed by atoms with Gasteiger partial charge >= 0.3 is 0 Å². The van der Waals surface area contributed by atoms with Crippen LogP contribution in [0.5, 0.6) is 0 Å². The second-order valence-corrected chi connectivity index (χ2v) is 6.43. The van der Waals surface area contributed by atoms with Crippen LogP contribution in [0.25, 0.3) is 0 Å². The Hall–Kier alpha value is -0.300. The van der Waals surface area contributed by atoms with Crippen molar-refractivity contribution in [3.05, 3.63) is 10.6 Å². The molecule has 6 heteroatoms. The fourth-order valence-electron chi connectivity index (χ4n) is 1.92. The van der Waals surface area contributed by atoms with E-state index in [0.29, 0.717) is 12.6 Å². The molecular formula is C13H25N3OS2. The van der Waals surface area contributed by atoms with Crippen LogP contribution >= 0.6 is 23.1 Å². The molecule has 1 rings (SSSR count). The fraction of sp³-hybridized carbons (Fsp3) is 0.769. The van der Waals surface area contributed by atoms with E-state index in [-0.39, 0.29) is 0 Å². The van der Waals surface area contributed by atoms with Crippen molar-refractivity contribution in [2.24, 2.45) is 0 Å². The first kappa shape index (κ1) is 16.8. The zero-order chi connectivity index (χ0) is 14.3. The van der Waals surface area contributed by atoms with Crippen molar-refractivity contribution in [3.63, 3.8) is 0 Å². The van der Waals surface area contributed by atoms with Gasteiger partial charge in [0.25, 0.3) is 0 Å². The summed E-state index contributed by atoms with van der Waals surface area (Å²) in [4.78, 5) is 8.31. The number of ether oxygens (including phenoxy) is 1. The van der Waals surface area contributed by atoms with E-state index in [9.17, 15) is 0 Å². The van der Waals surface area contributed by atoms with Gasteiger partial charge in [-0.1, -0.05) is 6.92 Å². The zero-order valence-corrected chi connectivity index (χ0v) is 14.2. The Labute approximate surface area is 124 Å². The number of nitrogens with zero attached hydrogens (tertiary/aromatic N) is 2. The Bertz CT molecular complexity index is 347. The summed E-state index contributed by atoms with van der Waals surface area (Å²) < 4.78 is 5.24. The number of thioether (sulfide) groups is 1. The first-order chi connectivity index (χ1) is 9.17. The SMILES string of the molecule is CCC(CSC)N(C)c1nc(COC)c(CNC)s1. The van der Waals surface area contributed by atoms with Gasteiger partial charge in [0.1, 0.15) is 0 Å². The largest absolute Gasteiger partial charge is 0.378 e. The van der Waals surface area contributed by atoms with E-state index in [2.05, 4.69) is 30.4 Å². The van der Waals surface area contributed by atoms with Crippen molar-refractivity contribution in [3.8, 4) is 0 Å². The van der Waals surface area contributed by atoms with Crippen molar-refractivity contribution in [2.45, 2.75) is 32.5 Å². The van der Waals surface area contributed by atoms with Crippen LogP contribution in [0.1, 0.15) is 23.9 Å². The summed E-state index contributed by atoms with van der Waals surface area (Å²) in [5.74, 6) is 1.13. The van der Waals surface area contributed by atoms with Crippen LogP contribution in [0, 0.1) is 0 Å². The first-order valence-electron chi connectivity index (χ1n) is 6.51. The molecule has 4 nitrogen and oxygen atoms in total. The highest BCUT2D eigenvalue weighted by Crippen LogP contribution is 2.28. The number of nitrogens with one attached hydrogen (secondary N) is 1. The number of hydrogen-bond donors (Lipinski definition) is 1. The molecule has 1 unspecified atom stereocenters. The van der Waals surface area contributed by atoms with E-state index in [1.165, 1.54) is 4.88 Å². The molecular weight excluding hydrogens is 278 g/mol. The molecule has 0 amide bonds. The maximum atomic E-state index is 5.24. The number of methoxy groups -OCH3 is 1. The van der Waals surface area contributed by atoms with Crippen molar-refractivity contribution in [2.75, 3.05) is 38.1 Å². The molecule has 1 N–H and O–H groups in total. The van der Waals surface area contributed by atoms with Crippen LogP contribution in [0.2, 0.25) is 0 Å². The maximum Gasteiger partial charge on any atom is 0.185 e. The van der Waals surface area contributed by atoms with Gasteiger partial charge in [0.05, 0.1) is 12.3 Å². The van der Waals surface area contributed by atoms with E-state index in [4.69, 9.17) is 9.72 Å². The van der Waals surface area contributed by atoms with Crippen molar-refractivity contribution in [1.29, 1.82) is 0 Å². The molecule has 1 aromatic heterocycles. The van der Waals surface area contributed by atoms with Crippen LogP contribution in [0.15, 0.2) is 0 Å². The smallest absolute Gasteiger partial charge is 0.185 e. The molecule has 0 aromatic carbocycles. The molecule has 0 aliphatic carbocycles. The van der Waals surface area contributed by atoms with Crippen molar-refractivity contribution in [1.82, 2.24) is 10.3 Å². The van der Waals surface area contributed by atoms with E-state index in [1.807, 2.05) is 18.8 Å². The minimum Gasteiger partial charge on any atom is -0.378 e. The second-order valence-electron chi connectivity index (χ2n) is 4.46. The lowest BCUT2D eigenvalue weighted by Crippen LogP contribution is -2.33. The summed E-state index contributed by atoms with van der Waals surface area (Å²) in [6.45, 7) is 3.67. The van der Waals surface area contributed by atoms with Crippen molar-refractivity contribution >= 4 is 28.2 Å². The Kier molecular flexibility index (Phi) is 7.75. The summed E-state index contributed by atoms with van der Waals surface area (Å²) in [6.07, 6.45) is 3.29. The topological polar surface area (TPSA) is 37.4 Å². The first-order valence-corrected chi connectivity index (χ1v) is 8.72. The Balaban J connectivity index is 2.89. The minimum absolute atomic E-state index is 0.541. The van der Waals surface area contributed by atoms with Crippen LogP contribution in [0.4, 0.5) is 5.13 Å². The minimum atomic E-state index is 0.541. The standard InChI is InChI=1S/C13H25N3OS2/c1-6-10(9-18-5)16(3)13-15-11(8-17-4)12(19-13)7-14-2/h10,14H,6-9H2,1-5H3. The molecule has 0 saturated carbocycles. The molecule has 0 fully saturated rings. The van der Waals surface area contributed by atoms with E-state index in [0.717, 1.165) is 29.5 Å². The molecule has 0 bridgehead atoms. The number of anilines is 1. The lowest BCUT2D eigenvalue weighted by molar-refractivity contribution is 0.181. The third kappa shape index (κ3) is 4.63. The normalized spacial score (nSPS) is 12.7. The molecule has 0 saturated heterocycles. The monoisotopic (exact) mass is 303 g/mol. The molecule has 1 heterocycles. The summed E-state index contributed by atoms with van der Waals surface area (Å²) in [6, 6.07) is 0.541. The second kappa shape index (κ2) is 8.79. The van der Waals surface area contributed by atoms with Crippen LogP contribution in [-0.2, 0) is 17.9 Å². The average molecular weight is 303 g/mol. The quantitative estimate of drug-likeness (QED) is 0.759. The zero-order valence-electron chi connectivity index (χ0n) is 12.5. The van der Waals surface area contributed by atoms with Gasteiger partial charge in [-0.25, -0.2) is 4.98 Å². The van der Waals surface area contributed by atoms with E-state index < -0.39 is 0 Å². The third-order valence-corrected chi connectivity index (χ3v) is 4.97. The molecule has 19 heavy (non-hydrogen) atoms.